The molecule has 0 bridgehead atoms. The lowest BCUT2D eigenvalue weighted by Gasteiger charge is -2.09. The topological polar surface area (TPSA) is 41.5 Å². The monoisotopic (exact) mass is 316 g/mol. The molecule has 22 heavy (non-hydrogen) atoms. The molecule has 0 fully saturated rings. The van der Waals surface area contributed by atoms with Gasteiger partial charge in [0.05, 0.1) is 11.5 Å². The molecule has 1 atom stereocenters. The van der Waals surface area contributed by atoms with E-state index in [1.54, 1.807) is 12.1 Å². The fourth-order valence-electron chi connectivity index (χ4n) is 1.68. The Morgan fingerprint density at radius 3 is 2.45 bits per heavy atom. The van der Waals surface area contributed by atoms with Crippen LogP contribution in [0.25, 0.3) is 0 Å². The summed E-state index contributed by atoms with van der Waals surface area (Å²) in [6.45, 7) is 3.85. The lowest BCUT2D eigenvalue weighted by Crippen LogP contribution is -2.26. The van der Waals surface area contributed by atoms with Gasteiger partial charge in [0, 0.05) is 4.90 Å². The number of halogens is 1. The normalized spacial score (nSPS) is 12.3. The molecule has 0 saturated carbocycles. The third-order valence-electron chi connectivity index (χ3n) is 2.96. The molecule has 1 amide bonds. The van der Waals surface area contributed by atoms with Crippen LogP contribution in [0.2, 0.25) is 0 Å². The van der Waals surface area contributed by atoms with Gasteiger partial charge in [-0.05, 0) is 43.7 Å². The largest absolute Gasteiger partial charge is 0.272 e. The molecule has 0 unspecified atom stereocenters. The van der Waals surface area contributed by atoms with Crippen LogP contribution in [0.4, 0.5) is 4.39 Å². The molecule has 0 aliphatic heterocycles. The fourth-order valence-corrected chi connectivity index (χ4v) is 2.55. The second-order valence-electron chi connectivity index (χ2n) is 4.86. The van der Waals surface area contributed by atoms with Crippen LogP contribution in [-0.4, -0.2) is 17.4 Å². The van der Waals surface area contributed by atoms with Crippen molar-refractivity contribution in [3.05, 3.63) is 65.5 Å². The van der Waals surface area contributed by atoms with Crippen molar-refractivity contribution < 1.29 is 9.18 Å². The van der Waals surface area contributed by atoms with Gasteiger partial charge in [0.1, 0.15) is 5.82 Å². The summed E-state index contributed by atoms with van der Waals surface area (Å²) in [4.78, 5) is 13.0. The van der Waals surface area contributed by atoms with Gasteiger partial charge in [-0.25, -0.2) is 9.82 Å². The van der Waals surface area contributed by atoms with E-state index in [9.17, 15) is 9.18 Å². The fraction of sp³-hybridized carbons (Fsp3) is 0.176. The van der Waals surface area contributed by atoms with E-state index >= 15 is 0 Å². The molecule has 5 heteroatoms. The van der Waals surface area contributed by atoms with Gasteiger partial charge in [-0.15, -0.1) is 11.8 Å². The van der Waals surface area contributed by atoms with Crippen molar-refractivity contribution in [1.82, 2.24) is 5.43 Å². The minimum Gasteiger partial charge on any atom is -0.272 e. The van der Waals surface area contributed by atoms with Crippen molar-refractivity contribution in [2.75, 3.05) is 0 Å². The number of carbonyl (C=O) groups excluding carboxylic acids is 1. The van der Waals surface area contributed by atoms with Gasteiger partial charge < -0.3 is 0 Å². The molecule has 114 valence electrons. The number of amides is 1. The summed E-state index contributed by atoms with van der Waals surface area (Å²) in [5, 5.41) is 3.63. The first-order valence-corrected chi connectivity index (χ1v) is 7.74. The zero-order valence-corrected chi connectivity index (χ0v) is 13.2. The smallest absolute Gasteiger partial charge is 0.253 e. The molecule has 2 rings (SSSR count). The first-order valence-electron chi connectivity index (χ1n) is 6.86. The zero-order chi connectivity index (χ0) is 15.9. The minimum atomic E-state index is -0.302. The van der Waals surface area contributed by atoms with Crippen molar-refractivity contribution >= 4 is 23.9 Å². The van der Waals surface area contributed by atoms with Crippen LogP contribution in [0.1, 0.15) is 18.1 Å². The third kappa shape index (κ3) is 5.00. The number of benzene rings is 2. The minimum absolute atomic E-state index is 0.177. The molecular formula is C17H17FN2OS. The van der Waals surface area contributed by atoms with Crippen molar-refractivity contribution in [3.63, 3.8) is 0 Å². The number of nitrogens with zero attached hydrogens (tertiary/aromatic N) is 1. The summed E-state index contributed by atoms with van der Waals surface area (Å²) in [6, 6.07) is 13.9. The Balaban J connectivity index is 1.85. The molecule has 3 nitrogen and oxygen atoms in total. The van der Waals surface area contributed by atoms with Crippen LogP contribution in [-0.2, 0) is 4.79 Å². The Morgan fingerprint density at radius 1 is 1.18 bits per heavy atom. The van der Waals surface area contributed by atoms with E-state index in [0.29, 0.717) is 0 Å². The van der Waals surface area contributed by atoms with E-state index in [1.807, 2.05) is 38.1 Å². The summed E-state index contributed by atoms with van der Waals surface area (Å²) in [5.41, 5.74) is 4.40. The van der Waals surface area contributed by atoms with Gasteiger partial charge in [-0.1, -0.05) is 29.8 Å². The molecule has 0 saturated heterocycles. The molecule has 0 radical (unpaired) electrons. The van der Waals surface area contributed by atoms with Crippen LogP contribution in [0, 0.1) is 12.7 Å². The lowest BCUT2D eigenvalue weighted by molar-refractivity contribution is -0.120. The highest BCUT2D eigenvalue weighted by atomic mass is 32.2. The molecular weight excluding hydrogens is 299 g/mol. The van der Waals surface area contributed by atoms with Gasteiger partial charge in [-0.3, -0.25) is 4.79 Å². The number of hydrogen-bond donors (Lipinski definition) is 1. The predicted octanol–water partition coefficient (Wildman–Crippen LogP) is 3.77. The van der Waals surface area contributed by atoms with Crippen molar-refractivity contribution in [3.8, 4) is 0 Å². The molecule has 0 aromatic heterocycles. The number of hydrogen-bond acceptors (Lipinski definition) is 3. The quantitative estimate of drug-likeness (QED) is 0.518. The second-order valence-corrected chi connectivity index (χ2v) is 6.27. The molecule has 0 aliphatic rings. The highest BCUT2D eigenvalue weighted by Gasteiger charge is 2.13. The first-order chi connectivity index (χ1) is 10.5. The van der Waals surface area contributed by atoms with Crippen molar-refractivity contribution in [1.29, 1.82) is 0 Å². The second kappa shape index (κ2) is 7.75. The van der Waals surface area contributed by atoms with Gasteiger partial charge in [-0.2, -0.15) is 5.10 Å². The summed E-state index contributed by atoms with van der Waals surface area (Å²) in [5.74, 6) is -0.478. The highest BCUT2D eigenvalue weighted by molar-refractivity contribution is 8.00. The molecule has 2 aromatic carbocycles. The standard InChI is InChI=1S/C17H17FN2OS/c1-12-3-9-16(10-4-12)22-13(2)17(21)20-19-11-14-5-7-15(18)8-6-14/h3-11,13H,1-2H3,(H,20,21)/b19-11-/t13-/m0/s1. The maximum absolute atomic E-state index is 12.8. The van der Waals surface area contributed by atoms with Gasteiger partial charge in [0.25, 0.3) is 5.91 Å². The van der Waals surface area contributed by atoms with E-state index in [0.717, 1.165) is 10.5 Å². The maximum atomic E-state index is 12.8. The number of hydrazone groups is 1. The number of rotatable bonds is 5. The summed E-state index contributed by atoms with van der Waals surface area (Å²) >= 11 is 1.47. The number of thioether (sulfide) groups is 1. The Kier molecular flexibility index (Phi) is 5.72. The molecule has 0 heterocycles. The Morgan fingerprint density at radius 2 is 1.82 bits per heavy atom. The number of carbonyl (C=O) groups is 1. The van der Waals surface area contributed by atoms with E-state index in [-0.39, 0.29) is 17.0 Å². The van der Waals surface area contributed by atoms with Gasteiger partial charge in [0.15, 0.2) is 0 Å². The maximum Gasteiger partial charge on any atom is 0.253 e. The summed E-state index contributed by atoms with van der Waals surface area (Å²) in [7, 11) is 0. The molecule has 1 N–H and O–H groups in total. The van der Waals surface area contributed by atoms with Gasteiger partial charge >= 0.3 is 0 Å². The van der Waals surface area contributed by atoms with Crippen molar-refractivity contribution in [2.24, 2.45) is 5.10 Å². The van der Waals surface area contributed by atoms with Crippen LogP contribution in [0.15, 0.2) is 58.5 Å². The van der Waals surface area contributed by atoms with E-state index in [1.165, 1.54) is 35.7 Å². The third-order valence-corrected chi connectivity index (χ3v) is 4.07. The molecule has 2 aromatic rings. The molecule has 0 aliphatic carbocycles. The molecule has 0 spiro atoms. The number of nitrogens with one attached hydrogen (secondary N) is 1. The van der Waals surface area contributed by atoms with E-state index in [4.69, 9.17) is 0 Å². The average Bonchev–Trinajstić information content (AvgIpc) is 2.51. The highest BCUT2D eigenvalue weighted by Crippen LogP contribution is 2.23. The van der Waals surface area contributed by atoms with E-state index in [2.05, 4.69) is 10.5 Å². The van der Waals surface area contributed by atoms with Crippen molar-refractivity contribution in [2.45, 2.75) is 24.0 Å². The Hall–Kier alpha value is -2.14. The average molecular weight is 316 g/mol. The zero-order valence-electron chi connectivity index (χ0n) is 12.4. The summed E-state index contributed by atoms with van der Waals surface area (Å²) in [6.07, 6.45) is 1.49. The SMILES string of the molecule is Cc1ccc(S[C@@H](C)C(=O)N/N=C\c2ccc(F)cc2)cc1. The Labute approximate surface area is 133 Å². The van der Waals surface area contributed by atoms with Gasteiger partial charge in [0.2, 0.25) is 0 Å². The van der Waals surface area contributed by atoms with Crippen LogP contribution < -0.4 is 5.43 Å². The van der Waals surface area contributed by atoms with Crippen LogP contribution >= 0.6 is 11.8 Å². The lowest BCUT2D eigenvalue weighted by atomic mass is 10.2. The summed E-state index contributed by atoms with van der Waals surface area (Å²) < 4.78 is 12.8. The number of aryl methyl sites for hydroxylation is 1. The van der Waals surface area contributed by atoms with Crippen LogP contribution in [0.3, 0.4) is 0 Å². The predicted molar refractivity (Wildman–Crippen MR) is 88.6 cm³/mol. The van der Waals surface area contributed by atoms with E-state index < -0.39 is 0 Å². The Bertz CT molecular complexity index is 653. The van der Waals surface area contributed by atoms with Crippen LogP contribution in [0.5, 0.6) is 0 Å². The first kappa shape index (κ1) is 16.2.